The monoisotopic (exact) mass is 184 g/mol. The summed E-state index contributed by atoms with van der Waals surface area (Å²) in [4.78, 5) is 0. The fourth-order valence-electron chi connectivity index (χ4n) is 2.24. The second kappa shape index (κ2) is 6.45. The van der Waals surface area contributed by atoms with E-state index in [1.807, 2.05) is 0 Å². The third-order valence-electron chi connectivity index (χ3n) is 3.38. The molecule has 0 heteroatoms. The van der Waals surface area contributed by atoms with E-state index in [4.69, 9.17) is 0 Å². The van der Waals surface area contributed by atoms with Crippen LogP contribution in [0.1, 0.15) is 60.8 Å². The molecule has 80 valence electrons. The maximum atomic E-state index is 2.42. The van der Waals surface area contributed by atoms with E-state index in [-0.39, 0.29) is 0 Å². The highest BCUT2D eigenvalue weighted by atomic mass is 14.2. The van der Waals surface area contributed by atoms with Crippen molar-refractivity contribution in [3.05, 3.63) is 0 Å². The first-order chi connectivity index (χ1) is 5.99. The fourth-order valence-corrected chi connectivity index (χ4v) is 2.24. The van der Waals surface area contributed by atoms with Gasteiger partial charge in [-0.2, -0.15) is 0 Å². The maximum Gasteiger partial charge on any atom is -0.0391 e. The molecule has 13 heavy (non-hydrogen) atoms. The van der Waals surface area contributed by atoms with Crippen LogP contribution in [0.5, 0.6) is 0 Å². The second-order valence-electron chi connectivity index (χ2n) is 5.23. The van der Waals surface area contributed by atoms with Crippen LogP contribution in [-0.4, -0.2) is 0 Å². The highest BCUT2D eigenvalue weighted by molar-refractivity contribution is 4.69. The minimum Gasteiger partial charge on any atom is -0.0654 e. The average Bonchev–Trinajstić information content (AvgIpc) is 2.02. The molecule has 0 fully saturated rings. The van der Waals surface area contributed by atoms with Gasteiger partial charge < -0.3 is 0 Å². The second-order valence-corrected chi connectivity index (χ2v) is 5.23. The summed E-state index contributed by atoms with van der Waals surface area (Å²) in [5.41, 5.74) is 0. The average molecular weight is 184 g/mol. The van der Waals surface area contributed by atoms with Gasteiger partial charge in [0.25, 0.3) is 0 Å². The Kier molecular flexibility index (Phi) is 6.45. The first-order valence-corrected chi connectivity index (χ1v) is 5.99. The Balaban J connectivity index is 3.85. The van der Waals surface area contributed by atoms with Crippen LogP contribution in [0.4, 0.5) is 0 Å². The van der Waals surface area contributed by atoms with Crippen molar-refractivity contribution in [3.63, 3.8) is 0 Å². The van der Waals surface area contributed by atoms with Crippen molar-refractivity contribution in [2.24, 2.45) is 23.7 Å². The minimum absolute atomic E-state index is 0.853. The summed E-state index contributed by atoms with van der Waals surface area (Å²) in [6.45, 7) is 14.2. The van der Waals surface area contributed by atoms with Crippen molar-refractivity contribution >= 4 is 0 Å². The van der Waals surface area contributed by atoms with E-state index in [9.17, 15) is 0 Å². The maximum absolute atomic E-state index is 2.42. The summed E-state index contributed by atoms with van der Waals surface area (Å²) in [5, 5.41) is 0. The first-order valence-electron chi connectivity index (χ1n) is 5.99. The van der Waals surface area contributed by atoms with Crippen LogP contribution in [0.3, 0.4) is 0 Å². The fraction of sp³-hybridized carbons (Fsp3) is 1.00. The van der Waals surface area contributed by atoms with Crippen LogP contribution < -0.4 is 0 Å². The van der Waals surface area contributed by atoms with Gasteiger partial charge in [0.15, 0.2) is 0 Å². The molecule has 0 saturated carbocycles. The first kappa shape index (κ1) is 13.0. The molecular formula is C13H28. The Labute approximate surface area is 85.1 Å². The van der Waals surface area contributed by atoms with E-state index in [2.05, 4.69) is 41.5 Å². The number of rotatable bonds is 6. The Bertz CT molecular complexity index is 115. The van der Waals surface area contributed by atoms with Gasteiger partial charge in [0.1, 0.15) is 0 Å². The van der Waals surface area contributed by atoms with E-state index in [1.165, 1.54) is 19.3 Å². The molecule has 0 N–H and O–H groups in total. The van der Waals surface area contributed by atoms with Gasteiger partial charge in [-0.1, -0.05) is 54.4 Å². The molecule has 0 aromatic carbocycles. The van der Waals surface area contributed by atoms with Gasteiger partial charge in [-0.3, -0.25) is 0 Å². The van der Waals surface area contributed by atoms with Crippen LogP contribution in [0, 0.1) is 23.7 Å². The van der Waals surface area contributed by atoms with Crippen molar-refractivity contribution in [2.75, 3.05) is 0 Å². The van der Waals surface area contributed by atoms with Gasteiger partial charge in [-0.05, 0) is 30.1 Å². The molecule has 0 bridgehead atoms. The molecule has 0 aromatic heterocycles. The highest BCUT2D eigenvalue weighted by Crippen LogP contribution is 2.28. The van der Waals surface area contributed by atoms with Crippen LogP contribution in [0.15, 0.2) is 0 Å². The van der Waals surface area contributed by atoms with Crippen LogP contribution >= 0.6 is 0 Å². The Morgan fingerprint density at radius 3 is 1.77 bits per heavy atom. The standard InChI is InChI=1S/C13H28/c1-7-8-11(4)13(6)12(5)9-10(2)3/h10-13H,7-9H2,1-6H3. The lowest BCUT2D eigenvalue weighted by molar-refractivity contribution is 0.234. The highest BCUT2D eigenvalue weighted by Gasteiger charge is 2.18. The minimum atomic E-state index is 0.853. The lowest BCUT2D eigenvalue weighted by atomic mass is 9.79. The molecule has 0 nitrogen and oxygen atoms in total. The lowest BCUT2D eigenvalue weighted by Gasteiger charge is -2.27. The Morgan fingerprint density at radius 2 is 1.38 bits per heavy atom. The van der Waals surface area contributed by atoms with Crippen molar-refractivity contribution in [2.45, 2.75) is 60.8 Å². The van der Waals surface area contributed by atoms with Gasteiger partial charge in [-0.25, -0.2) is 0 Å². The summed E-state index contributed by atoms with van der Waals surface area (Å²) in [6, 6.07) is 0. The Morgan fingerprint density at radius 1 is 0.846 bits per heavy atom. The molecule has 0 spiro atoms. The van der Waals surface area contributed by atoms with Crippen LogP contribution in [0.2, 0.25) is 0 Å². The van der Waals surface area contributed by atoms with E-state index in [0.29, 0.717) is 0 Å². The van der Waals surface area contributed by atoms with Gasteiger partial charge in [-0.15, -0.1) is 0 Å². The summed E-state index contributed by atoms with van der Waals surface area (Å²) in [6.07, 6.45) is 4.11. The predicted molar refractivity (Wildman–Crippen MR) is 61.9 cm³/mol. The Hall–Kier alpha value is 0. The summed E-state index contributed by atoms with van der Waals surface area (Å²) < 4.78 is 0. The molecule has 0 aromatic rings. The zero-order valence-corrected chi connectivity index (χ0v) is 10.4. The summed E-state index contributed by atoms with van der Waals surface area (Å²) in [5.74, 6) is 3.54. The van der Waals surface area contributed by atoms with Gasteiger partial charge in [0, 0.05) is 0 Å². The summed E-state index contributed by atoms with van der Waals surface area (Å²) >= 11 is 0. The molecule has 3 unspecified atom stereocenters. The zero-order chi connectivity index (χ0) is 10.4. The van der Waals surface area contributed by atoms with Gasteiger partial charge >= 0.3 is 0 Å². The quantitative estimate of drug-likeness (QED) is 0.559. The van der Waals surface area contributed by atoms with E-state index >= 15 is 0 Å². The van der Waals surface area contributed by atoms with E-state index in [1.54, 1.807) is 0 Å². The van der Waals surface area contributed by atoms with E-state index in [0.717, 1.165) is 23.7 Å². The molecule has 0 aliphatic carbocycles. The van der Waals surface area contributed by atoms with Crippen molar-refractivity contribution < 1.29 is 0 Å². The molecule has 0 heterocycles. The SMILES string of the molecule is CCCC(C)C(C)C(C)CC(C)C. The van der Waals surface area contributed by atoms with Crippen LogP contribution in [0.25, 0.3) is 0 Å². The van der Waals surface area contributed by atoms with Crippen molar-refractivity contribution in [1.82, 2.24) is 0 Å². The lowest BCUT2D eigenvalue weighted by Crippen LogP contribution is -2.18. The molecule has 0 saturated heterocycles. The third-order valence-corrected chi connectivity index (χ3v) is 3.38. The predicted octanol–water partition coefficient (Wildman–Crippen LogP) is 4.74. The largest absolute Gasteiger partial charge is 0.0654 e. The van der Waals surface area contributed by atoms with Gasteiger partial charge in [0.2, 0.25) is 0 Å². The summed E-state index contributed by atoms with van der Waals surface area (Å²) in [7, 11) is 0. The topological polar surface area (TPSA) is 0 Å². The van der Waals surface area contributed by atoms with Gasteiger partial charge in [0.05, 0.1) is 0 Å². The normalized spacial score (nSPS) is 18.7. The van der Waals surface area contributed by atoms with Crippen molar-refractivity contribution in [3.8, 4) is 0 Å². The molecule has 3 atom stereocenters. The zero-order valence-electron chi connectivity index (χ0n) is 10.4. The molecule has 0 rings (SSSR count). The van der Waals surface area contributed by atoms with Crippen molar-refractivity contribution in [1.29, 1.82) is 0 Å². The molecule has 0 aliphatic rings. The van der Waals surface area contributed by atoms with Crippen LogP contribution in [-0.2, 0) is 0 Å². The molecule has 0 aliphatic heterocycles. The number of hydrogen-bond acceptors (Lipinski definition) is 0. The smallest absolute Gasteiger partial charge is 0.0391 e. The molecule has 0 amide bonds. The number of hydrogen-bond donors (Lipinski definition) is 0. The molecular weight excluding hydrogens is 156 g/mol. The third kappa shape index (κ3) is 5.33. The van der Waals surface area contributed by atoms with E-state index < -0.39 is 0 Å². The molecule has 0 radical (unpaired) electrons.